The molecule has 36 heavy (non-hydrogen) atoms. The Labute approximate surface area is 209 Å². The minimum atomic E-state index is -0.498. The van der Waals surface area contributed by atoms with E-state index in [-0.39, 0.29) is 17.4 Å². The quantitative estimate of drug-likeness (QED) is 0.556. The van der Waals surface area contributed by atoms with E-state index in [4.69, 9.17) is 14.5 Å². The lowest BCUT2D eigenvalue weighted by molar-refractivity contribution is -0.188. The summed E-state index contributed by atoms with van der Waals surface area (Å²) < 4.78 is 13.3. The molecule has 9 nitrogen and oxygen atoms in total. The highest BCUT2D eigenvalue weighted by atomic mass is 16.7. The SMILES string of the molecule is O=C([C@H]1CCCN(c2nc3cccnc3n(Cc3ccccc3)c2=O)C1)N1CCC2(CC1)OCCO2. The van der Waals surface area contributed by atoms with Gasteiger partial charge in [0.2, 0.25) is 5.91 Å². The number of rotatable bonds is 4. The Kier molecular flexibility index (Phi) is 6.18. The zero-order chi connectivity index (χ0) is 24.5. The molecule has 3 aliphatic heterocycles. The zero-order valence-corrected chi connectivity index (χ0v) is 20.3. The topological polar surface area (TPSA) is 89.8 Å². The summed E-state index contributed by atoms with van der Waals surface area (Å²) in [5.41, 5.74) is 2.09. The van der Waals surface area contributed by atoms with Crippen LogP contribution in [-0.2, 0) is 20.8 Å². The lowest BCUT2D eigenvalue weighted by Gasteiger charge is -2.40. The van der Waals surface area contributed by atoms with Crippen molar-refractivity contribution in [3.05, 3.63) is 64.6 Å². The molecule has 3 aliphatic rings. The molecule has 2 aromatic heterocycles. The maximum Gasteiger partial charge on any atom is 0.295 e. The number of carbonyl (C=O) groups excluding carboxylic acids is 1. The number of pyridine rings is 1. The molecule has 0 unspecified atom stereocenters. The molecule has 1 spiro atoms. The third kappa shape index (κ3) is 4.37. The van der Waals surface area contributed by atoms with Crippen molar-refractivity contribution in [2.75, 3.05) is 44.3 Å². The number of likely N-dealkylation sites (tertiary alicyclic amines) is 1. The first-order valence-electron chi connectivity index (χ1n) is 12.8. The first-order chi connectivity index (χ1) is 17.6. The molecule has 3 fully saturated rings. The average Bonchev–Trinajstić information content (AvgIpc) is 3.38. The van der Waals surface area contributed by atoms with Gasteiger partial charge in [0.1, 0.15) is 5.52 Å². The fraction of sp³-hybridized carbons (Fsp3) is 0.481. The number of anilines is 1. The summed E-state index contributed by atoms with van der Waals surface area (Å²) >= 11 is 0. The van der Waals surface area contributed by atoms with Gasteiger partial charge < -0.3 is 19.3 Å². The van der Waals surface area contributed by atoms with Gasteiger partial charge in [-0.25, -0.2) is 9.97 Å². The monoisotopic (exact) mass is 489 g/mol. The van der Waals surface area contributed by atoms with Crippen LogP contribution in [0.25, 0.3) is 11.2 Å². The molecule has 1 atom stereocenters. The molecule has 1 amide bonds. The smallest absolute Gasteiger partial charge is 0.295 e. The average molecular weight is 490 g/mol. The van der Waals surface area contributed by atoms with Gasteiger partial charge in [-0.1, -0.05) is 30.3 Å². The van der Waals surface area contributed by atoms with Gasteiger partial charge in [-0.2, -0.15) is 0 Å². The Morgan fingerprint density at radius 1 is 1.03 bits per heavy atom. The molecule has 0 N–H and O–H groups in total. The van der Waals surface area contributed by atoms with Crippen LogP contribution >= 0.6 is 0 Å². The number of benzene rings is 1. The van der Waals surface area contributed by atoms with Crippen molar-refractivity contribution in [3.63, 3.8) is 0 Å². The molecule has 188 valence electrons. The van der Waals surface area contributed by atoms with Crippen molar-refractivity contribution in [2.45, 2.75) is 38.0 Å². The third-order valence-electron chi connectivity index (χ3n) is 7.59. The van der Waals surface area contributed by atoms with Crippen molar-refractivity contribution in [3.8, 4) is 0 Å². The molecule has 0 aliphatic carbocycles. The fourth-order valence-electron chi connectivity index (χ4n) is 5.66. The minimum absolute atomic E-state index is 0.152. The molecular formula is C27H31N5O4. The summed E-state index contributed by atoms with van der Waals surface area (Å²) in [6.07, 6.45) is 4.75. The second kappa shape index (κ2) is 9.63. The van der Waals surface area contributed by atoms with Crippen molar-refractivity contribution in [1.29, 1.82) is 0 Å². The lowest BCUT2D eigenvalue weighted by Crippen LogP contribution is -2.51. The van der Waals surface area contributed by atoms with Gasteiger partial charge in [-0.05, 0) is 30.5 Å². The fourth-order valence-corrected chi connectivity index (χ4v) is 5.66. The number of nitrogens with zero attached hydrogens (tertiary/aromatic N) is 5. The van der Waals surface area contributed by atoms with E-state index in [1.807, 2.05) is 52.3 Å². The highest BCUT2D eigenvalue weighted by Gasteiger charge is 2.42. The first-order valence-corrected chi connectivity index (χ1v) is 12.8. The number of carbonyl (C=O) groups is 1. The van der Waals surface area contributed by atoms with Gasteiger partial charge in [0.15, 0.2) is 17.3 Å². The van der Waals surface area contributed by atoms with Crippen molar-refractivity contribution >= 4 is 22.9 Å². The molecule has 1 aromatic carbocycles. The van der Waals surface area contributed by atoms with E-state index in [1.165, 1.54) is 0 Å². The maximum absolute atomic E-state index is 13.7. The van der Waals surface area contributed by atoms with Crippen LogP contribution in [0.3, 0.4) is 0 Å². The lowest BCUT2D eigenvalue weighted by atomic mass is 9.94. The Bertz CT molecular complexity index is 1290. The molecule has 0 bridgehead atoms. The van der Waals surface area contributed by atoms with Crippen LogP contribution in [0.1, 0.15) is 31.2 Å². The number of aromatic nitrogens is 3. The van der Waals surface area contributed by atoms with Crippen LogP contribution in [0.4, 0.5) is 5.82 Å². The summed E-state index contributed by atoms with van der Waals surface area (Å²) in [6, 6.07) is 13.6. The van der Waals surface area contributed by atoms with E-state index in [0.717, 1.165) is 18.4 Å². The van der Waals surface area contributed by atoms with Gasteiger partial charge in [-0.3, -0.25) is 14.2 Å². The summed E-state index contributed by atoms with van der Waals surface area (Å²) in [5.74, 6) is -0.108. The van der Waals surface area contributed by atoms with Crippen LogP contribution in [0.2, 0.25) is 0 Å². The molecule has 0 saturated carbocycles. The summed E-state index contributed by atoms with van der Waals surface area (Å²) in [4.78, 5) is 40.3. The predicted molar refractivity (Wildman–Crippen MR) is 135 cm³/mol. The van der Waals surface area contributed by atoms with Gasteiger partial charge in [0.25, 0.3) is 5.56 Å². The Morgan fingerprint density at radius 2 is 1.81 bits per heavy atom. The van der Waals surface area contributed by atoms with E-state index in [9.17, 15) is 9.59 Å². The number of hydrogen-bond acceptors (Lipinski definition) is 7. The van der Waals surface area contributed by atoms with E-state index >= 15 is 0 Å². The minimum Gasteiger partial charge on any atom is -0.351 e. The van der Waals surface area contributed by atoms with Crippen LogP contribution in [0.5, 0.6) is 0 Å². The Hall–Kier alpha value is -3.30. The predicted octanol–water partition coefficient (Wildman–Crippen LogP) is 2.42. The van der Waals surface area contributed by atoms with Crippen molar-refractivity contribution < 1.29 is 14.3 Å². The van der Waals surface area contributed by atoms with Gasteiger partial charge in [-0.15, -0.1) is 0 Å². The van der Waals surface area contributed by atoms with Gasteiger partial charge in [0.05, 0.1) is 25.7 Å². The van der Waals surface area contributed by atoms with Crippen LogP contribution in [0.15, 0.2) is 53.5 Å². The first kappa shape index (κ1) is 23.1. The van der Waals surface area contributed by atoms with Gasteiger partial charge >= 0.3 is 0 Å². The second-order valence-corrected chi connectivity index (χ2v) is 9.88. The Balaban J connectivity index is 1.24. The van der Waals surface area contributed by atoms with E-state index in [0.29, 0.717) is 75.8 Å². The van der Waals surface area contributed by atoms with E-state index in [2.05, 4.69) is 4.98 Å². The summed E-state index contributed by atoms with van der Waals surface area (Å²) in [7, 11) is 0. The molecule has 0 radical (unpaired) electrons. The number of ether oxygens (including phenoxy) is 2. The van der Waals surface area contributed by atoms with Crippen molar-refractivity contribution in [1.82, 2.24) is 19.4 Å². The number of hydrogen-bond donors (Lipinski definition) is 0. The standard InChI is InChI=1S/C27H31N5O4/c33-25(30-14-10-27(11-15-30)35-16-17-36-27)21-8-5-13-31(19-21)24-26(34)32(18-20-6-2-1-3-7-20)23-22(29-24)9-4-12-28-23/h1-4,6-7,9,12,21H,5,8,10-11,13-19H2/t21-/m0/s1. The normalized spacial score (nSPS) is 21.8. The molecule has 5 heterocycles. The number of piperidine rings is 2. The van der Waals surface area contributed by atoms with E-state index in [1.54, 1.807) is 10.8 Å². The van der Waals surface area contributed by atoms with E-state index < -0.39 is 5.79 Å². The largest absolute Gasteiger partial charge is 0.351 e. The molecular weight excluding hydrogens is 458 g/mol. The zero-order valence-electron chi connectivity index (χ0n) is 20.3. The number of fused-ring (bicyclic) bond motifs is 1. The van der Waals surface area contributed by atoms with Crippen molar-refractivity contribution in [2.24, 2.45) is 5.92 Å². The maximum atomic E-state index is 13.7. The molecule has 9 heteroatoms. The second-order valence-electron chi connectivity index (χ2n) is 9.88. The van der Waals surface area contributed by atoms with Gasteiger partial charge in [0, 0.05) is 45.2 Å². The molecule has 6 rings (SSSR count). The number of amides is 1. The highest BCUT2D eigenvalue weighted by molar-refractivity contribution is 5.80. The summed E-state index contributed by atoms with van der Waals surface area (Å²) in [6.45, 7) is 4.14. The summed E-state index contributed by atoms with van der Waals surface area (Å²) in [5, 5.41) is 0. The van der Waals surface area contributed by atoms with Crippen LogP contribution < -0.4 is 10.5 Å². The molecule has 3 aromatic rings. The van der Waals surface area contributed by atoms with Crippen LogP contribution in [-0.4, -0.2) is 70.5 Å². The Morgan fingerprint density at radius 3 is 2.58 bits per heavy atom. The van der Waals surface area contributed by atoms with Crippen LogP contribution in [0, 0.1) is 5.92 Å². The molecule has 3 saturated heterocycles. The highest BCUT2D eigenvalue weighted by Crippen LogP contribution is 2.32. The third-order valence-corrected chi connectivity index (χ3v) is 7.59.